The van der Waals surface area contributed by atoms with E-state index in [1.165, 1.54) is 25.3 Å². The molecule has 0 aromatic heterocycles. The number of methoxy groups -OCH3 is 1. The van der Waals surface area contributed by atoms with Crippen LogP contribution in [0.25, 0.3) is 6.08 Å². The van der Waals surface area contributed by atoms with Crippen molar-refractivity contribution in [1.29, 1.82) is 0 Å². The van der Waals surface area contributed by atoms with Gasteiger partial charge in [-0.2, -0.15) is 8.78 Å². The van der Waals surface area contributed by atoms with Crippen LogP contribution in [0.3, 0.4) is 0 Å². The lowest BCUT2D eigenvalue weighted by atomic mass is 10.1. The Kier molecular flexibility index (Phi) is 8.51. The van der Waals surface area contributed by atoms with Crippen molar-refractivity contribution in [2.75, 3.05) is 20.3 Å². The smallest absolute Gasteiger partial charge is 0.387 e. The van der Waals surface area contributed by atoms with Crippen LogP contribution in [-0.2, 0) is 11.2 Å². The summed E-state index contributed by atoms with van der Waals surface area (Å²) in [6.45, 7) is -2.27. The molecule has 0 aliphatic heterocycles. The van der Waals surface area contributed by atoms with Crippen molar-refractivity contribution in [2.24, 2.45) is 0 Å². The fourth-order valence-corrected chi connectivity index (χ4v) is 2.42. The normalized spacial score (nSPS) is 10.6. The summed E-state index contributed by atoms with van der Waals surface area (Å²) in [7, 11) is 1.35. The van der Waals surface area contributed by atoms with Gasteiger partial charge in [-0.05, 0) is 47.9 Å². The summed E-state index contributed by atoms with van der Waals surface area (Å²) in [6.07, 6.45) is 8.71. The first kappa shape index (κ1) is 21.8. The number of nitrogens with one attached hydrogen (secondary N) is 1. The third-order valence-electron chi connectivity index (χ3n) is 3.79. The van der Waals surface area contributed by atoms with Crippen LogP contribution in [0.1, 0.15) is 11.1 Å². The molecule has 0 bridgehead atoms. The standard InChI is InChI=1S/C22H21F2NO4/c1-3-14-28-18-8-4-16(5-9-18)12-13-25-21(26)11-7-17-6-10-19(29-22(23)24)20(15-17)27-2/h1,4-11,15,22H,12-14H2,2H3,(H,25,26)/b11-7+. The molecule has 0 aliphatic carbocycles. The Bertz CT molecular complexity index is 873. The van der Waals surface area contributed by atoms with Crippen LogP contribution in [0.4, 0.5) is 8.78 Å². The Morgan fingerprint density at radius 1 is 1.21 bits per heavy atom. The number of amides is 1. The van der Waals surface area contributed by atoms with Gasteiger partial charge in [0.15, 0.2) is 11.5 Å². The minimum Gasteiger partial charge on any atom is -0.493 e. The van der Waals surface area contributed by atoms with Crippen LogP contribution < -0.4 is 19.5 Å². The highest BCUT2D eigenvalue weighted by molar-refractivity contribution is 5.91. The van der Waals surface area contributed by atoms with Crippen molar-refractivity contribution in [2.45, 2.75) is 13.0 Å². The van der Waals surface area contributed by atoms with Gasteiger partial charge in [0.25, 0.3) is 0 Å². The highest BCUT2D eigenvalue weighted by Gasteiger charge is 2.10. The number of alkyl halides is 2. The van der Waals surface area contributed by atoms with Gasteiger partial charge in [-0.15, -0.1) is 6.42 Å². The van der Waals surface area contributed by atoms with Gasteiger partial charge in [0.2, 0.25) is 5.91 Å². The maximum absolute atomic E-state index is 12.3. The van der Waals surface area contributed by atoms with Gasteiger partial charge in [0, 0.05) is 12.6 Å². The number of carbonyl (C=O) groups excluding carboxylic acids is 1. The molecular weight excluding hydrogens is 380 g/mol. The number of carbonyl (C=O) groups is 1. The van der Waals surface area contributed by atoms with Crippen molar-refractivity contribution in [1.82, 2.24) is 5.32 Å². The fraction of sp³-hybridized carbons (Fsp3) is 0.227. The third-order valence-corrected chi connectivity index (χ3v) is 3.79. The molecule has 152 valence electrons. The monoisotopic (exact) mass is 401 g/mol. The molecule has 0 saturated heterocycles. The van der Waals surface area contributed by atoms with Gasteiger partial charge in [0.05, 0.1) is 7.11 Å². The first-order valence-electron chi connectivity index (χ1n) is 8.75. The van der Waals surface area contributed by atoms with E-state index < -0.39 is 6.61 Å². The number of hydrogen-bond donors (Lipinski definition) is 1. The zero-order valence-electron chi connectivity index (χ0n) is 15.9. The van der Waals surface area contributed by atoms with Gasteiger partial charge in [-0.25, -0.2) is 0 Å². The minimum atomic E-state index is -2.94. The number of rotatable bonds is 10. The van der Waals surface area contributed by atoms with Gasteiger partial charge in [-0.3, -0.25) is 4.79 Å². The lowest BCUT2D eigenvalue weighted by molar-refractivity contribution is -0.116. The van der Waals surface area contributed by atoms with E-state index in [4.69, 9.17) is 15.9 Å². The van der Waals surface area contributed by atoms with E-state index in [0.29, 0.717) is 24.3 Å². The van der Waals surface area contributed by atoms with E-state index in [1.807, 2.05) is 24.3 Å². The molecule has 2 aromatic carbocycles. The molecule has 1 N–H and O–H groups in total. The molecule has 0 heterocycles. The molecular formula is C22H21F2NO4. The molecule has 29 heavy (non-hydrogen) atoms. The second-order valence-electron chi connectivity index (χ2n) is 5.80. The van der Waals surface area contributed by atoms with E-state index >= 15 is 0 Å². The van der Waals surface area contributed by atoms with Crippen LogP contribution in [0.5, 0.6) is 17.2 Å². The second kappa shape index (κ2) is 11.3. The highest BCUT2D eigenvalue weighted by atomic mass is 19.3. The zero-order chi connectivity index (χ0) is 21.1. The van der Waals surface area contributed by atoms with E-state index in [0.717, 1.165) is 5.56 Å². The first-order chi connectivity index (χ1) is 14.0. The third kappa shape index (κ3) is 7.54. The molecule has 7 heteroatoms. The first-order valence-corrected chi connectivity index (χ1v) is 8.75. The van der Waals surface area contributed by atoms with Crippen molar-refractivity contribution in [3.05, 3.63) is 59.7 Å². The van der Waals surface area contributed by atoms with Crippen molar-refractivity contribution in [3.8, 4) is 29.6 Å². The molecule has 0 radical (unpaired) electrons. The van der Waals surface area contributed by atoms with Crippen LogP contribution >= 0.6 is 0 Å². The van der Waals surface area contributed by atoms with Crippen molar-refractivity contribution < 1.29 is 27.8 Å². The molecule has 2 aromatic rings. The number of ether oxygens (including phenoxy) is 3. The number of halogens is 2. The van der Waals surface area contributed by atoms with Crippen LogP contribution in [0.2, 0.25) is 0 Å². The quantitative estimate of drug-likeness (QED) is 0.488. The van der Waals surface area contributed by atoms with E-state index in [2.05, 4.69) is 16.0 Å². The second-order valence-corrected chi connectivity index (χ2v) is 5.80. The zero-order valence-corrected chi connectivity index (χ0v) is 15.9. The topological polar surface area (TPSA) is 56.8 Å². The summed E-state index contributed by atoms with van der Waals surface area (Å²) in [6, 6.07) is 11.9. The summed E-state index contributed by atoms with van der Waals surface area (Å²) in [5, 5.41) is 2.78. The molecule has 0 saturated carbocycles. The molecule has 1 amide bonds. The van der Waals surface area contributed by atoms with Gasteiger partial charge < -0.3 is 19.5 Å². The van der Waals surface area contributed by atoms with E-state index in [-0.39, 0.29) is 24.0 Å². The predicted octanol–water partition coefficient (Wildman–Crippen LogP) is 3.68. The molecule has 2 rings (SSSR count). The molecule has 0 spiro atoms. The molecule has 0 atom stereocenters. The minimum absolute atomic E-state index is 0.0696. The highest BCUT2D eigenvalue weighted by Crippen LogP contribution is 2.29. The maximum Gasteiger partial charge on any atom is 0.387 e. The molecule has 0 aliphatic rings. The molecule has 5 nitrogen and oxygen atoms in total. The average Bonchev–Trinajstić information content (AvgIpc) is 2.72. The summed E-state index contributed by atoms with van der Waals surface area (Å²) < 4.78 is 39.4. The summed E-state index contributed by atoms with van der Waals surface area (Å²) in [4.78, 5) is 12.0. The Morgan fingerprint density at radius 3 is 2.62 bits per heavy atom. The largest absolute Gasteiger partial charge is 0.493 e. The molecule has 0 fully saturated rings. The SMILES string of the molecule is C#CCOc1ccc(CCNC(=O)/C=C/c2ccc(OC(F)F)c(OC)c2)cc1. The van der Waals surface area contributed by atoms with Gasteiger partial charge >= 0.3 is 6.61 Å². The fourth-order valence-electron chi connectivity index (χ4n) is 2.42. The molecule has 0 unspecified atom stereocenters. The lowest BCUT2D eigenvalue weighted by Gasteiger charge is -2.10. The Labute approximate surface area is 168 Å². The summed E-state index contributed by atoms with van der Waals surface area (Å²) in [5.41, 5.74) is 1.66. The van der Waals surface area contributed by atoms with Gasteiger partial charge in [-0.1, -0.05) is 24.1 Å². The van der Waals surface area contributed by atoms with Crippen molar-refractivity contribution in [3.63, 3.8) is 0 Å². The lowest BCUT2D eigenvalue weighted by Crippen LogP contribution is -2.23. The predicted molar refractivity (Wildman–Crippen MR) is 106 cm³/mol. The Morgan fingerprint density at radius 2 is 1.97 bits per heavy atom. The van der Waals surface area contributed by atoms with Crippen LogP contribution in [-0.4, -0.2) is 32.8 Å². The van der Waals surface area contributed by atoms with E-state index in [9.17, 15) is 13.6 Å². The maximum atomic E-state index is 12.3. The number of terminal acetylenes is 1. The van der Waals surface area contributed by atoms with Crippen LogP contribution in [0, 0.1) is 12.3 Å². The average molecular weight is 401 g/mol. The summed E-state index contributed by atoms with van der Waals surface area (Å²) >= 11 is 0. The van der Waals surface area contributed by atoms with Crippen molar-refractivity contribution >= 4 is 12.0 Å². The number of benzene rings is 2. The summed E-state index contributed by atoms with van der Waals surface area (Å²) in [5.74, 6) is 2.91. The Balaban J connectivity index is 1.83. The van der Waals surface area contributed by atoms with E-state index in [1.54, 1.807) is 12.1 Å². The number of hydrogen-bond acceptors (Lipinski definition) is 4. The van der Waals surface area contributed by atoms with Crippen LogP contribution in [0.15, 0.2) is 48.5 Å². The van der Waals surface area contributed by atoms with Gasteiger partial charge in [0.1, 0.15) is 12.4 Å². The Hall–Kier alpha value is -3.53.